The van der Waals surface area contributed by atoms with Crippen molar-refractivity contribution < 1.29 is 13.5 Å². The summed E-state index contributed by atoms with van der Waals surface area (Å²) in [5, 5.41) is 11.3. The fourth-order valence-electron chi connectivity index (χ4n) is 2.01. The van der Waals surface area contributed by atoms with Crippen molar-refractivity contribution in [2.75, 3.05) is 19.3 Å². The highest BCUT2D eigenvalue weighted by Gasteiger charge is 2.30. The molecule has 1 fully saturated rings. The predicted molar refractivity (Wildman–Crippen MR) is 75.5 cm³/mol. The Balaban J connectivity index is 2.12. The van der Waals surface area contributed by atoms with Crippen LogP contribution in [0.25, 0.3) is 0 Å². The SMILES string of the molecule is CSC1CCN(S(=O)(=O)c2cc(CO)cs2)CC1. The van der Waals surface area contributed by atoms with Crippen molar-refractivity contribution in [1.82, 2.24) is 4.31 Å². The van der Waals surface area contributed by atoms with Crippen molar-refractivity contribution in [2.24, 2.45) is 0 Å². The van der Waals surface area contributed by atoms with Gasteiger partial charge in [0.1, 0.15) is 4.21 Å². The molecular formula is C11H17NO3S3. The molecule has 1 aromatic heterocycles. The number of nitrogens with zero attached hydrogens (tertiary/aromatic N) is 1. The summed E-state index contributed by atoms with van der Waals surface area (Å²) < 4.78 is 26.6. The molecule has 2 heterocycles. The first kappa shape index (κ1) is 14.3. The summed E-state index contributed by atoms with van der Waals surface area (Å²) >= 11 is 3.00. The smallest absolute Gasteiger partial charge is 0.252 e. The molecule has 2 rings (SSSR count). The molecule has 0 aliphatic carbocycles. The van der Waals surface area contributed by atoms with Crippen LogP contribution in [0, 0.1) is 0 Å². The van der Waals surface area contributed by atoms with Gasteiger partial charge in [-0.3, -0.25) is 0 Å². The van der Waals surface area contributed by atoms with Crippen LogP contribution in [0.1, 0.15) is 18.4 Å². The van der Waals surface area contributed by atoms with E-state index >= 15 is 0 Å². The lowest BCUT2D eigenvalue weighted by Gasteiger charge is -2.29. The van der Waals surface area contributed by atoms with Gasteiger partial charge in [-0.2, -0.15) is 16.1 Å². The van der Waals surface area contributed by atoms with Crippen molar-refractivity contribution in [3.63, 3.8) is 0 Å². The summed E-state index contributed by atoms with van der Waals surface area (Å²) in [4.78, 5) is 0. The fourth-order valence-corrected chi connectivity index (χ4v) is 5.51. The van der Waals surface area contributed by atoms with Crippen LogP contribution in [0.3, 0.4) is 0 Å². The van der Waals surface area contributed by atoms with E-state index in [2.05, 4.69) is 6.26 Å². The van der Waals surface area contributed by atoms with Crippen LogP contribution in [0.4, 0.5) is 0 Å². The van der Waals surface area contributed by atoms with Crippen LogP contribution in [0.5, 0.6) is 0 Å². The van der Waals surface area contributed by atoms with Crippen LogP contribution in [-0.4, -0.2) is 42.4 Å². The van der Waals surface area contributed by atoms with Gasteiger partial charge in [0.25, 0.3) is 10.0 Å². The van der Waals surface area contributed by atoms with E-state index < -0.39 is 10.0 Å². The van der Waals surface area contributed by atoms with Crippen LogP contribution in [0.2, 0.25) is 0 Å². The largest absolute Gasteiger partial charge is 0.392 e. The molecule has 0 aromatic carbocycles. The molecule has 7 heteroatoms. The first-order valence-corrected chi connectivity index (χ1v) is 9.40. The Hall–Kier alpha value is -0.0800. The number of rotatable bonds is 4. The lowest BCUT2D eigenvalue weighted by atomic mass is 10.2. The summed E-state index contributed by atoms with van der Waals surface area (Å²) in [6.45, 7) is 1.08. The molecule has 0 spiro atoms. The average molecular weight is 307 g/mol. The number of piperidine rings is 1. The second kappa shape index (κ2) is 5.92. The van der Waals surface area contributed by atoms with E-state index in [-0.39, 0.29) is 6.61 Å². The Labute approximate surface area is 116 Å². The topological polar surface area (TPSA) is 57.6 Å². The Morgan fingerprint density at radius 3 is 2.67 bits per heavy atom. The number of hydrogen-bond donors (Lipinski definition) is 1. The molecule has 0 atom stereocenters. The molecule has 1 saturated heterocycles. The molecular weight excluding hydrogens is 290 g/mol. The first-order chi connectivity index (χ1) is 8.57. The van der Waals surface area contributed by atoms with Gasteiger partial charge in [0.15, 0.2) is 0 Å². The average Bonchev–Trinajstić information content (AvgIpc) is 2.88. The molecule has 0 radical (unpaired) electrons. The Morgan fingerprint density at radius 2 is 2.17 bits per heavy atom. The monoisotopic (exact) mass is 307 g/mol. The lowest BCUT2D eigenvalue weighted by molar-refractivity contribution is 0.282. The van der Waals surface area contributed by atoms with Crippen LogP contribution in [-0.2, 0) is 16.6 Å². The molecule has 4 nitrogen and oxygen atoms in total. The van der Waals surface area contributed by atoms with E-state index in [1.807, 2.05) is 11.8 Å². The summed E-state index contributed by atoms with van der Waals surface area (Å²) in [5.41, 5.74) is 0.664. The minimum atomic E-state index is -3.35. The molecule has 1 aliphatic rings. The molecule has 1 aromatic rings. The van der Waals surface area contributed by atoms with Crippen molar-refractivity contribution in [1.29, 1.82) is 0 Å². The predicted octanol–water partition coefficient (Wildman–Crippen LogP) is 1.76. The zero-order chi connectivity index (χ0) is 13.2. The van der Waals surface area contributed by atoms with Gasteiger partial charge in [-0.15, -0.1) is 11.3 Å². The van der Waals surface area contributed by atoms with E-state index in [9.17, 15) is 8.42 Å². The van der Waals surface area contributed by atoms with E-state index in [1.54, 1.807) is 15.8 Å². The third kappa shape index (κ3) is 2.91. The van der Waals surface area contributed by atoms with Gasteiger partial charge in [0, 0.05) is 18.3 Å². The van der Waals surface area contributed by atoms with Gasteiger partial charge in [0.05, 0.1) is 6.61 Å². The quantitative estimate of drug-likeness (QED) is 0.921. The fraction of sp³-hybridized carbons (Fsp3) is 0.636. The maximum Gasteiger partial charge on any atom is 0.252 e. The van der Waals surface area contributed by atoms with Crippen molar-refractivity contribution in [3.8, 4) is 0 Å². The number of thiophene rings is 1. The second-order valence-electron chi connectivity index (χ2n) is 4.27. The first-order valence-electron chi connectivity index (χ1n) is 5.79. The van der Waals surface area contributed by atoms with Crippen LogP contribution in [0.15, 0.2) is 15.7 Å². The maximum absolute atomic E-state index is 12.4. The third-order valence-electron chi connectivity index (χ3n) is 3.14. The van der Waals surface area contributed by atoms with Gasteiger partial charge < -0.3 is 5.11 Å². The number of thioether (sulfide) groups is 1. The summed E-state index contributed by atoms with van der Waals surface area (Å²) in [7, 11) is -3.35. The molecule has 0 amide bonds. The highest BCUT2D eigenvalue weighted by molar-refractivity contribution is 7.99. The minimum absolute atomic E-state index is 0.111. The zero-order valence-electron chi connectivity index (χ0n) is 10.2. The van der Waals surface area contributed by atoms with Crippen LogP contribution >= 0.6 is 23.1 Å². The number of aliphatic hydroxyl groups is 1. The Bertz CT molecular complexity index is 489. The number of sulfonamides is 1. The molecule has 18 heavy (non-hydrogen) atoms. The van der Waals surface area contributed by atoms with Crippen molar-refractivity contribution in [3.05, 3.63) is 17.0 Å². The Kier molecular flexibility index (Phi) is 4.71. The normalized spacial score (nSPS) is 19.2. The zero-order valence-corrected chi connectivity index (χ0v) is 12.7. The van der Waals surface area contributed by atoms with Gasteiger partial charge in [-0.1, -0.05) is 0 Å². The molecule has 0 unspecified atom stereocenters. The summed E-state index contributed by atoms with van der Waals surface area (Å²) in [5.74, 6) is 0. The lowest BCUT2D eigenvalue weighted by Crippen LogP contribution is -2.38. The van der Waals surface area contributed by atoms with Crippen molar-refractivity contribution in [2.45, 2.75) is 28.9 Å². The van der Waals surface area contributed by atoms with Gasteiger partial charge in [0.2, 0.25) is 0 Å². The van der Waals surface area contributed by atoms with Gasteiger partial charge in [-0.05, 0) is 36.1 Å². The van der Waals surface area contributed by atoms with E-state index in [4.69, 9.17) is 5.11 Å². The standard InChI is InChI=1S/C11H17NO3S3/c1-16-10-2-4-12(5-3-10)18(14,15)11-6-9(7-13)8-17-11/h6,8,10,13H,2-5,7H2,1H3. The molecule has 1 aliphatic heterocycles. The Morgan fingerprint density at radius 1 is 1.50 bits per heavy atom. The van der Waals surface area contributed by atoms with E-state index in [0.717, 1.165) is 12.8 Å². The third-order valence-corrected chi connectivity index (χ3v) is 7.64. The highest BCUT2D eigenvalue weighted by Crippen LogP contribution is 2.28. The van der Waals surface area contributed by atoms with Gasteiger partial charge >= 0.3 is 0 Å². The molecule has 102 valence electrons. The highest BCUT2D eigenvalue weighted by atomic mass is 32.2. The van der Waals surface area contributed by atoms with E-state index in [1.165, 1.54) is 11.3 Å². The number of hydrogen-bond acceptors (Lipinski definition) is 5. The van der Waals surface area contributed by atoms with Crippen LogP contribution < -0.4 is 0 Å². The molecule has 1 N–H and O–H groups in total. The number of aliphatic hydroxyl groups excluding tert-OH is 1. The van der Waals surface area contributed by atoms with E-state index in [0.29, 0.717) is 28.1 Å². The maximum atomic E-state index is 12.4. The summed E-state index contributed by atoms with van der Waals surface area (Å²) in [6.07, 6.45) is 3.90. The molecule has 0 saturated carbocycles. The summed E-state index contributed by atoms with van der Waals surface area (Å²) in [6, 6.07) is 1.57. The molecule has 0 bridgehead atoms. The van der Waals surface area contributed by atoms with Crippen molar-refractivity contribution >= 4 is 33.1 Å². The second-order valence-corrected chi connectivity index (χ2v) is 8.49. The van der Waals surface area contributed by atoms with Gasteiger partial charge in [-0.25, -0.2) is 8.42 Å². The minimum Gasteiger partial charge on any atom is -0.392 e.